The number of amides is 1. The number of primary amides is 1. The number of aryl methyl sites for hydroxylation is 2. The van der Waals surface area contributed by atoms with Crippen molar-refractivity contribution in [3.8, 4) is 80.8 Å². The van der Waals surface area contributed by atoms with Gasteiger partial charge in [0.1, 0.15) is 40.9 Å². The van der Waals surface area contributed by atoms with Gasteiger partial charge < -0.3 is 59.2 Å². The zero-order valence-corrected chi connectivity index (χ0v) is 68.0. The van der Waals surface area contributed by atoms with Crippen LogP contribution in [0.15, 0.2) is 209 Å². The molecule has 0 aliphatic heterocycles. The third kappa shape index (κ3) is 23.0. The summed E-state index contributed by atoms with van der Waals surface area (Å²) in [5.74, 6) is 4.39. The van der Waals surface area contributed by atoms with Crippen LogP contribution in [0.4, 0.5) is 5.82 Å². The number of hydrogen-bond acceptors (Lipinski definition) is 24. The Kier molecular flexibility index (Phi) is 33.1. The number of fused-ring (bicyclic) bond motifs is 1. The van der Waals surface area contributed by atoms with Gasteiger partial charge in [-0.1, -0.05) is 97.1 Å². The highest BCUT2D eigenvalue weighted by Gasteiger charge is 2.25. The molecule has 0 radical (unpaired) electrons. The van der Waals surface area contributed by atoms with E-state index in [0.29, 0.717) is 91.6 Å². The minimum absolute atomic E-state index is 0.00463. The van der Waals surface area contributed by atoms with Crippen LogP contribution in [-0.2, 0) is 31.9 Å². The van der Waals surface area contributed by atoms with Crippen molar-refractivity contribution in [2.45, 2.75) is 13.1 Å². The molecule has 1 amide bonds. The van der Waals surface area contributed by atoms with Crippen molar-refractivity contribution in [2.24, 2.45) is 19.8 Å². The van der Waals surface area contributed by atoms with Crippen molar-refractivity contribution in [1.82, 2.24) is 71.0 Å². The second-order valence-corrected chi connectivity index (χ2v) is 26.6. The molecule has 0 saturated heterocycles. The smallest absolute Gasteiger partial charge is 0.505 e. The summed E-state index contributed by atoms with van der Waals surface area (Å²) in [5.41, 5.74) is 11.9. The van der Waals surface area contributed by atoms with E-state index in [-0.39, 0.29) is 22.5 Å². The van der Waals surface area contributed by atoms with Crippen LogP contribution in [0.3, 0.4) is 0 Å². The third-order valence-electron chi connectivity index (χ3n) is 14.5. The number of halogens is 6. The van der Waals surface area contributed by atoms with Gasteiger partial charge in [-0.2, -0.15) is 25.3 Å². The van der Waals surface area contributed by atoms with Crippen molar-refractivity contribution in [1.29, 1.82) is 10.5 Å². The van der Waals surface area contributed by atoms with Crippen LogP contribution in [0.1, 0.15) is 43.0 Å². The van der Waals surface area contributed by atoms with Crippen LogP contribution in [0.2, 0.25) is 0 Å². The van der Waals surface area contributed by atoms with E-state index in [4.69, 9.17) is 49.8 Å². The number of hydrogen-bond donors (Lipinski definition) is 6. The maximum atomic E-state index is 12.3. The Balaban J connectivity index is 0.000000183. The number of ether oxygens (including phenoxy) is 6. The summed E-state index contributed by atoms with van der Waals surface area (Å²) >= 11 is 19.8. The molecule has 13 rings (SSSR count). The van der Waals surface area contributed by atoms with E-state index in [0.717, 1.165) is 50.2 Å². The average molecular weight is 1850 g/mol. The molecule has 0 spiro atoms. The van der Waals surface area contributed by atoms with Crippen LogP contribution >= 0.6 is 95.6 Å². The number of benzene rings is 8. The fraction of sp³-hybridized carbons (Fsp3) is 0.139. The Morgan fingerprint density at radius 2 is 0.963 bits per heavy atom. The molecule has 0 saturated carbocycles. The van der Waals surface area contributed by atoms with Crippen molar-refractivity contribution in [3.63, 3.8) is 0 Å². The number of tetrazole rings is 3. The van der Waals surface area contributed by atoms with Gasteiger partial charge in [0.05, 0.1) is 128 Å². The lowest BCUT2D eigenvalue weighted by molar-refractivity contribution is 0.0602. The van der Waals surface area contributed by atoms with Crippen molar-refractivity contribution >= 4 is 137 Å². The molecule has 0 aliphatic rings. The fourth-order valence-electron chi connectivity index (χ4n) is 9.65. The number of nitrogens with zero attached hydrogens (tertiary/aromatic N) is 15. The Hall–Kier alpha value is -11.0. The van der Waals surface area contributed by atoms with E-state index in [9.17, 15) is 19.6 Å². The number of carbonyl (C=O) groups is 2. The molecule has 8 aromatic carbocycles. The molecule has 0 atom stereocenters. The summed E-state index contributed by atoms with van der Waals surface area (Å²) in [6, 6.07) is 57.9. The molecule has 0 unspecified atom stereocenters. The number of methoxy groups -OCH3 is 6. The number of nitrogens with one attached hydrogen (secondary N) is 2. The summed E-state index contributed by atoms with van der Waals surface area (Å²) in [6.07, 6.45) is 1.47. The lowest BCUT2D eigenvalue weighted by Gasteiger charge is -2.25. The Morgan fingerprint density at radius 3 is 1.34 bits per heavy atom. The number of rotatable bonds is 16. The van der Waals surface area contributed by atoms with Gasteiger partial charge in [0, 0.05) is 30.3 Å². The highest BCUT2D eigenvalue weighted by molar-refractivity contribution is 9.11. The molecule has 108 heavy (non-hydrogen) atoms. The number of nitriles is 2. The lowest BCUT2D eigenvalue weighted by Crippen LogP contribution is -2.30. The molecular formula is C72H65BBr6N18O11. The quantitative estimate of drug-likeness (QED) is 0.0386. The first-order valence-corrected chi connectivity index (χ1v) is 36.0. The van der Waals surface area contributed by atoms with Gasteiger partial charge in [-0.25, -0.2) is 9.78 Å². The van der Waals surface area contributed by atoms with E-state index in [1.165, 1.54) is 30.0 Å². The second kappa shape index (κ2) is 42.4. The number of nitrogens with two attached hydrogens (primary N) is 1. The summed E-state index contributed by atoms with van der Waals surface area (Å²) in [4.78, 5) is 35.6. The third-order valence-corrected chi connectivity index (χ3v) is 18.3. The minimum atomic E-state index is -1.71. The molecule has 7 N–H and O–H groups in total. The number of anilines is 1. The lowest BCUT2D eigenvalue weighted by atomic mass is 9.86. The number of pyridine rings is 1. The zero-order valence-electron chi connectivity index (χ0n) is 58.5. The molecule has 36 heteroatoms. The van der Waals surface area contributed by atoms with Crippen LogP contribution < -0.4 is 39.9 Å². The molecule has 0 aliphatic carbocycles. The predicted molar refractivity (Wildman–Crippen MR) is 426 cm³/mol. The van der Waals surface area contributed by atoms with Crippen molar-refractivity contribution in [2.75, 3.05) is 47.6 Å². The maximum absolute atomic E-state index is 12.3. The normalized spacial score (nSPS) is 10.1. The number of H-pyrrole nitrogens is 2. The maximum Gasteiger partial charge on any atom is 0.505 e. The van der Waals surface area contributed by atoms with Crippen LogP contribution in [0.25, 0.3) is 45.1 Å². The first kappa shape index (κ1) is 84.3. The number of para-hydroxylation sites is 6. The standard InChI is InChI=1S/C23H22BN3O4.2C9H9BrN4O.C8H7BrN4O.C8H8BrNO2.C8H6BrNO.C7H4BrNO/c1-31-23(28)19-13-25-22(21-18(19)12-20(26-21)24(29)30)27(14-16-8-4-2-5-9-16)15-17-10-6-3-7-11-17;2*1-14-12-9(11-13-14)6-4-3-5-7(10)8(6)15-2;1-14-7-5(3-2-4-6(7)9)8-10-12-13-11-8;1-12-7-5(8(10)11)3-2-4-6(7)9;1-11-8-6(5-10)3-2-4-7(8)9;8-6-3-1-2-5(4-9)7(6)10/h2-13,26,29-30H,14-15H2,1H3;2*3-5H,1-2H3;2-4H,1H3,(H,10,11,12,13);2-4H,1H3,(H2,10,11);2-4H,1H3;1-3,10H. The van der Waals surface area contributed by atoms with E-state index in [1.54, 1.807) is 97.1 Å². The minimum Gasteiger partial charge on any atom is -0.505 e. The number of phenolic OH excluding ortho intramolecular Hbond substituents is 1. The Morgan fingerprint density at radius 1 is 0.537 bits per heavy atom. The topological polar surface area (TPSA) is 397 Å². The Bertz CT molecular complexity index is 5080. The second-order valence-electron chi connectivity index (χ2n) is 21.5. The zero-order chi connectivity index (χ0) is 78.4. The molecule has 29 nitrogen and oxygen atoms in total. The SMILES string of the molecule is COC(=O)c1cnc(N(Cc2ccccc2)Cc2ccccc2)c2[nH]c(B(O)O)cc12.COc1c(Br)cccc1-c1nn[nH]n1.COc1c(Br)cccc1-c1nnn(C)n1.COc1c(Br)cccc1-c1nnn(C)n1.COc1c(Br)cccc1C#N.COc1c(Br)cccc1C(N)=O.N#Cc1cccc(Br)c1O. The van der Waals surface area contributed by atoms with Crippen LogP contribution in [-0.4, -0.2) is 148 Å². The van der Waals surface area contributed by atoms with E-state index in [2.05, 4.69) is 162 Å². The number of aromatic nitrogens is 14. The van der Waals surface area contributed by atoms with Crippen LogP contribution in [0, 0.1) is 22.7 Å². The highest BCUT2D eigenvalue weighted by atomic mass is 79.9. The molecule has 0 bridgehead atoms. The van der Waals surface area contributed by atoms with Gasteiger partial charge in [-0.05, 0) is 201 Å². The molecule has 5 heterocycles. The summed E-state index contributed by atoms with van der Waals surface area (Å²) in [7, 11) is 10.9. The van der Waals surface area contributed by atoms with Gasteiger partial charge in [0.15, 0.2) is 11.6 Å². The summed E-state index contributed by atoms with van der Waals surface area (Å²) < 4.78 is 35.3. The monoisotopic (exact) mass is 1840 g/mol. The van der Waals surface area contributed by atoms with Gasteiger partial charge in [0.2, 0.25) is 17.5 Å². The van der Waals surface area contributed by atoms with Gasteiger partial charge >= 0.3 is 13.1 Å². The van der Waals surface area contributed by atoms with Gasteiger partial charge in [-0.15, -0.1) is 30.6 Å². The molecule has 554 valence electrons. The van der Waals surface area contributed by atoms with Gasteiger partial charge in [0.25, 0.3) is 5.91 Å². The first-order valence-electron chi connectivity index (χ1n) is 31.3. The largest absolute Gasteiger partial charge is 0.505 e. The average Bonchev–Trinajstić information content (AvgIpc) is 1.60. The number of carbonyl (C=O) groups excluding carboxylic acids is 2. The number of aromatic amines is 2. The van der Waals surface area contributed by atoms with E-state index >= 15 is 0 Å². The van der Waals surface area contributed by atoms with Crippen molar-refractivity contribution < 1.29 is 53.2 Å². The molecular weight excluding hydrogens is 1780 g/mol. The number of esters is 1. The van der Waals surface area contributed by atoms with Gasteiger partial charge in [-0.3, -0.25) is 4.79 Å². The highest BCUT2D eigenvalue weighted by Crippen LogP contribution is 2.38. The first-order chi connectivity index (χ1) is 52.0. The molecule has 13 aromatic rings. The van der Waals surface area contributed by atoms with Crippen LogP contribution in [0.5, 0.6) is 34.5 Å². The number of aromatic hydroxyl groups is 1. The van der Waals surface area contributed by atoms with E-state index < -0.39 is 19.0 Å². The van der Waals surface area contributed by atoms with E-state index in [1.807, 2.05) is 133 Å². The summed E-state index contributed by atoms with van der Waals surface area (Å²) in [6.45, 7) is 1.15. The molecule has 5 aromatic heterocycles. The Labute approximate surface area is 669 Å². The number of phenols is 1. The fourth-order valence-corrected chi connectivity index (χ4v) is 12.7. The van der Waals surface area contributed by atoms with Crippen molar-refractivity contribution in [3.05, 3.63) is 242 Å². The predicted octanol–water partition coefficient (Wildman–Crippen LogP) is 13.1. The summed E-state index contributed by atoms with van der Waals surface area (Å²) in [5, 5.41) is 83.4. The molecule has 0 fully saturated rings.